The number of carbonyl (C=O) groups is 2. The molecule has 2 aromatic carbocycles. The first-order chi connectivity index (χ1) is 19.7. The SMILES string of the molecule is NC(=O)c1ccccc1Cn1cc(CC(N(C(=O)O)C2CCCCC2)C2(Cc3cc(F)cc(F)c3)C=NN=N2)nn1. The van der Waals surface area contributed by atoms with E-state index in [0.717, 1.165) is 25.3 Å². The highest BCUT2D eigenvalue weighted by Gasteiger charge is 2.48. The van der Waals surface area contributed by atoms with Gasteiger partial charge in [-0.25, -0.2) is 18.3 Å². The Morgan fingerprint density at radius 3 is 2.51 bits per heavy atom. The first kappa shape index (κ1) is 28.0. The first-order valence-corrected chi connectivity index (χ1v) is 13.4. The standard InChI is InChI=1S/C28H30F2N8O3/c29-20-10-18(11-21(30)12-20)14-28(17-32-35-34-28)25(38(27(40)41)23-7-2-1-3-8-23)13-22-16-37(36-33-22)15-19-6-4-5-9-24(19)26(31)39/h4-6,9-12,16-17,23,25H,1-3,7-8,13-15H2,(H2,31,39)(H,40,41). The van der Waals surface area contributed by atoms with Gasteiger partial charge >= 0.3 is 6.09 Å². The molecule has 0 radical (unpaired) electrons. The van der Waals surface area contributed by atoms with Gasteiger partial charge < -0.3 is 10.8 Å². The second-order valence-corrected chi connectivity index (χ2v) is 10.5. The molecule has 1 aliphatic heterocycles. The minimum atomic E-state index is -1.33. The van der Waals surface area contributed by atoms with Gasteiger partial charge in [0.05, 0.1) is 24.5 Å². The molecule has 2 amide bonds. The highest BCUT2D eigenvalue weighted by Crippen LogP contribution is 2.35. The summed E-state index contributed by atoms with van der Waals surface area (Å²) in [5.74, 6) is -2.06. The molecule has 2 unspecified atom stereocenters. The van der Waals surface area contributed by atoms with Crippen molar-refractivity contribution in [1.82, 2.24) is 19.9 Å². The summed E-state index contributed by atoms with van der Waals surface area (Å²) in [4.78, 5) is 26.1. The lowest BCUT2D eigenvalue weighted by atomic mass is 9.80. The molecule has 3 aromatic rings. The van der Waals surface area contributed by atoms with Crippen LogP contribution in [-0.4, -0.2) is 60.8 Å². The molecule has 5 rings (SSSR count). The highest BCUT2D eigenvalue weighted by atomic mass is 19.1. The summed E-state index contributed by atoms with van der Waals surface area (Å²) in [6.07, 6.45) is 6.19. The third kappa shape index (κ3) is 6.28. The summed E-state index contributed by atoms with van der Waals surface area (Å²) in [7, 11) is 0. The number of benzene rings is 2. The lowest BCUT2D eigenvalue weighted by Gasteiger charge is -2.43. The van der Waals surface area contributed by atoms with Crippen molar-refractivity contribution in [3.63, 3.8) is 0 Å². The smallest absolute Gasteiger partial charge is 0.407 e. The fraction of sp³-hybridized carbons (Fsp3) is 0.393. The maximum absolute atomic E-state index is 14.1. The van der Waals surface area contributed by atoms with E-state index < -0.39 is 35.2 Å². The van der Waals surface area contributed by atoms with Crippen LogP contribution in [0, 0.1) is 11.6 Å². The molecule has 13 heteroatoms. The van der Waals surface area contributed by atoms with Crippen molar-refractivity contribution in [2.45, 2.75) is 69.1 Å². The zero-order chi connectivity index (χ0) is 29.0. The van der Waals surface area contributed by atoms with Gasteiger partial charge in [0, 0.05) is 36.7 Å². The third-order valence-electron chi connectivity index (χ3n) is 7.68. The van der Waals surface area contributed by atoms with Crippen LogP contribution in [0.1, 0.15) is 59.3 Å². The van der Waals surface area contributed by atoms with Crippen LogP contribution in [-0.2, 0) is 19.4 Å². The molecule has 0 spiro atoms. The molecule has 1 fully saturated rings. The summed E-state index contributed by atoms with van der Waals surface area (Å²) in [6.45, 7) is 0.219. The van der Waals surface area contributed by atoms with Gasteiger partial charge in [-0.15, -0.1) is 10.2 Å². The Labute approximate surface area is 234 Å². The van der Waals surface area contributed by atoms with Crippen LogP contribution in [0.3, 0.4) is 0 Å². The van der Waals surface area contributed by atoms with Crippen molar-refractivity contribution in [3.8, 4) is 0 Å². The zero-order valence-electron chi connectivity index (χ0n) is 22.2. The van der Waals surface area contributed by atoms with E-state index >= 15 is 0 Å². The second kappa shape index (κ2) is 11.9. The van der Waals surface area contributed by atoms with E-state index in [0.29, 0.717) is 35.2 Å². The van der Waals surface area contributed by atoms with Crippen molar-refractivity contribution in [2.24, 2.45) is 21.2 Å². The van der Waals surface area contributed by atoms with Gasteiger partial charge in [0.15, 0.2) is 0 Å². The van der Waals surface area contributed by atoms with Gasteiger partial charge in [-0.3, -0.25) is 9.69 Å². The van der Waals surface area contributed by atoms with Gasteiger partial charge in [0.2, 0.25) is 5.91 Å². The molecular formula is C28H30F2N8O3. The monoisotopic (exact) mass is 564 g/mol. The molecule has 1 saturated carbocycles. The van der Waals surface area contributed by atoms with Crippen molar-refractivity contribution < 1.29 is 23.5 Å². The Bertz CT molecular complexity index is 1450. The van der Waals surface area contributed by atoms with Gasteiger partial charge in [-0.05, 0) is 47.4 Å². The summed E-state index contributed by atoms with van der Waals surface area (Å²) >= 11 is 0. The molecule has 1 aromatic heterocycles. The molecule has 1 aliphatic carbocycles. The predicted octanol–water partition coefficient (Wildman–Crippen LogP) is 4.36. The van der Waals surface area contributed by atoms with Crippen LogP contribution in [0.25, 0.3) is 0 Å². The summed E-state index contributed by atoms with van der Waals surface area (Å²) in [6, 6.07) is 8.93. The normalized spacial score (nSPS) is 19.4. The number of nitrogens with two attached hydrogens (primary N) is 1. The van der Waals surface area contributed by atoms with Crippen LogP contribution >= 0.6 is 0 Å². The topological polar surface area (TPSA) is 151 Å². The molecule has 41 heavy (non-hydrogen) atoms. The van der Waals surface area contributed by atoms with E-state index in [1.54, 1.807) is 35.1 Å². The third-order valence-corrected chi connectivity index (χ3v) is 7.68. The van der Waals surface area contributed by atoms with E-state index in [-0.39, 0.29) is 25.4 Å². The number of nitrogens with zero attached hydrogens (tertiary/aromatic N) is 7. The number of carboxylic acid groups (broad SMARTS) is 1. The van der Waals surface area contributed by atoms with Gasteiger partial charge in [0.1, 0.15) is 17.2 Å². The summed E-state index contributed by atoms with van der Waals surface area (Å²) < 4.78 is 29.8. The van der Waals surface area contributed by atoms with E-state index in [4.69, 9.17) is 5.73 Å². The average Bonchev–Trinajstić information content (AvgIpc) is 3.58. The maximum Gasteiger partial charge on any atom is 0.407 e. The average molecular weight is 565 g/mol. The number of hydrogen-bond donors (Lipinski definition) is 2. The predicted molar refractivity (Wildman–Crippen MR) is 144 cm³/mol. The Morgan fingerprint density at radius 2 is 1.85 bits per heavy atom. The van der Waals surface area contributed by atoms with Crippen molar-refractivity contribution >= 4 is 18.2 Å². The van der Waals surface area contributed by atoms with Gasteiger partial charge in [0.25, 0.3) is 0 Å². The van der Waals surface area contributed by atoms with Gasteiger partial charge in [-0.1, -0.05) is 42.7 Å². The molecule has 11 nitrogen and oxygen atoms in total. The first-order valence-electron chi connectivity index (χ1n) is 13.4. The Balaban J connectivity index is 1.51. The van der Waals surface area contributed by atoms with E-state index in [1.165, 1.54) is 23.2 Å². The fourth-order valence-corrected chi connectivity index (χ4v) is 5.85. The molecule has 3 N–H and O–H groups in total. The number of carbonyl (C=O) groups excluding carboxylic acids is 1. The Morgan fingerprint density at radius 1 is 1.12 bits per heavy atom. The molecule has 2 aliphatic rings. The summed E-state index contributed by atoms with van der Waals surface area (Å²) in [5, 5.41) is 31.1. The van der Waals surface area contributed by atoms with Crippen LogP contribution in [0.4, 0.5) is 13.6 Å². The number of rotatable bonds is 10. The van der Waals surface area contributed by atoms with Crippen molar-refractivity contribution in [2.75, 3.05) is 0 Å². The minimum Gasteiger partial charge on any atom is -0.465 e. The number of aromatic nitrogens is 3. The number of hydrogen-bond acceptors (Lipinski definition) is 7. The lowest BCUT2D eigenvalue weighted by molar-refractivity contribution is 0.0665. The second-order valence-electron chi connectivity index (χ2n) is 10.5. The van der Waals surface area contributed by atoms with Crippen LogP contribution in [0.15, 0.2) is 64.1 Å². The molecule has 0 saturated heterocycles. The quantitative estimate of drug-likeness (QED) is 0.375. The van der Waals surface area contributed by atoms with Crippen LogP contribution in [0.5, 0.6) is 0 Å². The molecular weight excluding hydrogens is 534 g/mol. The van der Waals surface area contributed by atoms with Crippen LogP contribution in [0.2, 0.25) is 0 Å². The number of primary amides is 1. The number of amides is 2. The maximum atomic E-state index is 14.1. The molecule has 214 valence electrons. The number of halogens is 2. The molecule has 2 atom stereocenters. The highest BCUT2D eigenvalue weighted by molar-refractivity contribution is 5.94. The lowest BCUT2D eigenvalue weighted by Crippen LogP contribution is -2.59. The Kier molecular flexibility index (Phi) is 8.13. The fourth-order valence-electron chi connectivity index (χ4n) is 5.85. The van der Waals surface area contributed by atoms with Crippen LogP contribution < -0.4 is 5.73 Å². The van der Waals surface area contributed by atoms with E-state index in [9.17, 15) is 23.5 Å². The Hall–Kier alpha value is -4.55. The van der Waals surface area contributed by atoms with E-state index in [2.05, 4.69) is 25.8 Å². The molecule has 0 bridgehead atoms. The van der Waals surface area contributed by atoms with Crippen molar-refractivity contribution in [3.05, 3.63) is 82.7 Å². The minimum absolute atomic E-state index is 0.0318. The summed E-state index contributed by atoms with van der Waals surface area (Å²) in [5.41, 5.74) is 5.96. The van der Waals surface area contributed by atoms with E-state index in [1.807, 2.05) is 0 Å². The van der Waals surface area contributed by atoms with Gasteiger partial charge in [-0.2, -0.15) is 5.11 Å². The largest absolute Gasteiger partial charge is 0.465 e. The van der Waals surface area contributed by atoms with Crippen molar-refractivity contribution in [1.29, 1.82) is 0 Å². The molecule has 2 heterocycles. The zero-order valence-corrected chi connectivity index (χ0v) is 22.2.